The van der Waals surface area contributed by atoms with Gasteiger partial charge in [-0.15, -0.1) is 0 Å². The largest absolute Gasteiger partial charge is 0.0887 e. The first-order valence-corrected chi connectivity index (χ1v) is 11.2. The molecule has 2 aliphatic carbocycles. The zero-order chi connectivity index (χ0) is 18.7. The van der Waals surface area contributed by atoms with Crippen LogP contribution >= 0.6 is 34.4 Å². The van der Waals surface area contributed by atoms with E-state index in [-0.39, 0.29) is 0 Å². The first kappa shape index (κ1) is 16.6. The summed E-state index contributed by atoms with van der Waals surface area (Å²) < 4.78 is 1.37. The van der Waals surface area contributed by atoms with Crippen molar-refractivity contribution in [2.45, 2.75) is 4.90 Å². The molecule has 4 aromatic rings. The fourth-order valence-corrected chi connectivity index (χ4v) is 6.44. The normalized spacial score (nSPS) is 14.5. The van der Waals surface area contributed by atoms with E-state index in [0.717, 1.165) is 0 Å². The third kappa shape index (κ3) is 2.38. The Balaban J connectivity index is 1.64. The van der Waals surface area contributed by atoms with E-state index in [1.807, 2.05) is 11.8 Å². The third-order valence-electron chi connectivity index (χ3n) is 5.51. The summed E-state index contributed by atoms with van der Waals surface area (Å²) in [5.74, 6) is 0. The summed E-state index contributed by atoms with van der Waals surface area (Å²) in [5.41, 5.74) is 2.81. The SMILES string of the molecule is IC1=c2ccccc2=C2C(Sc3ccc4ccccc4c3)=c3ccccc3=C12. The maximum Gasteiger partial charge on any atom is 0.0294 e. The van der Waals surface area contributed by atoms with Crippen LogP contribution in [0.1, 0.15) is 0 Å². The van der Waals surface area contributed by atoms with Gasteiger partial charge in [-0.2, -0.15) is 0 Å². The lowest BCUT2D eigenvalue weighted by Crippen LogP contribution is -2.26. The molecule has 0 spiro atoms. The molecule has 0 unspecified atom stereocenters. The van der Waals surface area contributed by atoms with Crippen LogP contribution in [-0.2, 0) is 0 Å². The van der Waals surface area contributed by atoms with E-state index in [2.05, 4.69) is 114 Å². The van der Waals surface area contributed by atoms with E-state index < -0.39 is 0 Å². The molecule has 0 saturated heterocycles. The van der Waals surface area contributed by atoms with Gasteiger partial charge in [0.05, 0.1) is 0 Å². The number of hydrogen-bond acceptors (Lipinski definition) is 1. The van der Waals surface area contributed by atoms with Crippen molar-refractivity contribution in [1.82, 2.24) is 0 Å². The van der Waals surface area contributed by atoms with Crippen molar-refractivity contribution in [2.24, 2.45) is 0 Å². The molecule has 0 fully saturated rings. The maximum absolute atomic E-state index is 2.53. The Kier molecular flexibility index (Phi) is 3.78. The van der Waals surface area contributed by atoms with Crippen molar-refractivity contribution >= 4 is 64.8 Å². The number of benzene rings is 4. The van der Waals surface area contributed by atoms with Crippen LogP contribution in [0.3, 0.4) is 0 Å². The molecule has 0 amide bonds. The van der Waals surface area contributed by atoms with Crippen LogP contribution < -0.4 is 20.9 Å². The molecule has 2 heteroatoms. The van der Waals surface area contributed by atoms with Crippen LogP contribution in [0.4, 0.5) is 0 Å². The first-order valence-electron chi connectivity index (χ1n) is 9.32. The summed E-state index contributed by atoms with van der Waals surface area (Å²) in [4.78, 5) is 2.66. The summed E-state index contributed by atoms with van der Waals surface area (Å²) in [5, 5.41) is 8.02. The predicted octanol–water partition coefficient (Wildman–Crippen LogP) is 4.31. The summed E-state index contributed by atoms with van der Waals surface area (Å²) in [6.45, 7) is 0. The highest BCUT2D eigenvalue weighted by molar-refractivity contribution is 14.1. The number of fused-ring (bicyclic) bond motifs is 4. The smallest absolute Gasteiger partial charge is 0.0294 e. The molecule has 0 saturated carbocycles. The molecule has 0 N–H and O–H groups in total. The number of hydrogen-bond donors (Lipinski definition) is 0. The highest BCUT2D eigenvalue weighted by atomic mass is 127. The van der Waals surface area contributed by atoms with Gasteiger partial charge in [-0.05, 0) is 66.4 Å². The van der Waals surface area contributed by atoms with E-state index >= 15 is 0 Å². The third-order valence-corrected chi connectivity index (χ3v) is 7.75. The molecule has 6 rings (SSSR count). The quantitative estimate of drug-likeness (QED) is 0.381. The zero-order valence-corrected chi connectivity index (χ0v) is 17.9. The Morgan fingerprint density at radius 3 is 1.93 bits per heavy atom. The lowest BCUT2D eigenvalue weighted by Gasteiger charge is -2.08. The van der Waals surface area contributed by atoms with Crippen molar-refractivity contribution < 1.29 is 0 Å². The van der Waals surface area contributed by atoms with Crippen molar-refractivity contribution in [1.29, 1.82) is 0 Å². The summed E-state index contributed by atoms with van der Waals surface area (Å²) in [6.07, 6.45) is 0. The fourth-order valence-electron chi connectivity index (χ4n) is 4.25. The second kappa shape index (κ2) is 6.36. The van der Waals surface area contributed by atoms with Gasteiger partial charge in [0.2, 0.25) is 0 Å². The molecule has 0 radical (unpaired) electrons. The lowest BCUT2D eigenvalue weighted by atomic mass is 10.1. The van der Waals surface area contributed by atoms with E-state index in [1.165, 1.54) is 56.2 Å². The molecule has 132 valence electrons. The summed E-state index contributed by atoms with van der Waals surface area (Å²) in [6, 6.07) is 33.0. The molecule has 0 bridgehead atoms. The standard InChI is InChI=1S/C26H15IS/c27-25-21-11-5-3-9-19(21)24-23(25)20-10-4-6-12-22(20)26(24)28-18-14-13-16-7-1-2-8-17(16)15-18/h1-15H. The average molecular weight is 486 g/mol. The van der Waals surface area contributed by atoms with Gasteiger partial charge in [0.15, 0.2) is 0 Å². The van der Waals surface area contributed by atoms with Crippen molar-refractivity contribution in [3.63, 3.8) is 0 Å². The van der Waals surface area contributed by atoms with E-state index in [1.54, 1.807) is 0 Å². The Hall–Kier alpha value is -2.30. The average Bonchev–Trinajstić information content (AvgIpc) is 3.22. The molecule has 0 atom stereocenters. The van der Waals surface area contributed by atoms with Gasteiger partial charge in [0.25, 0.3) is 0 Å². The summed E-state index contributed by atoms with van der Waals surface area (Å²) in [7, 11) is 0. The second-order valence-corrected chi connectivity index (χ2v) is 9.26. The van der Waals surface area contributed by atoms with Gasteiger partial charge >= 0.3 is 0 Å². The zero-order valence-electron chi connectivity index (χ0n) is 14.9. The highest BCUT2D eigenvalue weighted by Gasteiger charge is 2.27. The Labute approximate surface area is 180 Å². The number of rotatable bonds is 2. The number of halogens is 1. The molecule has 0 aliphatic heterocycles. The summed E-state index contributed by atoms with van der Waals surface area (Å²) >= 11 is 4.42. The van der Waals surface area contributed by atoms with Gasteiger partial charge in [-0.3, -0.25) is 0 Å². The van der Waals surface area contributed by atoms with Gasteiger partial charge in [-0.25, -0.2) is 0 Å². The number of thioether (sulfide) groups is 1. The molecular formula is C26H15IS. The van der Waals surface area contributed by atoms with Gasteiger partial charge in [-0.1, -0.05) is 90.6 Å². The van der Waals surface area contributed by atoms with Crippen LogP contribution in [0.15, 0.2) is 95.9 Å². The van der Waals surface area contributed by atoms with Crippen molar-refractivity contribution in [3.8, 4) is 0 Å². The second-order valence-electron chi connectivity index (χ2n) is 7.10. The van der Waals surface area contributed by atoms with Crippen molar-refractivity contribution in [2.75, 3.05) is 0 Å². The maximum atomic E-state index is 2.53. The van der Waals surface area contributed by atoms with E-state index in [0.29, 0.717) is 0 Å². The van der Waals surface area contributed by atoms with E-state index in [4.69, 9.17) is 0 Å². The topological polar surface area (TPSA) is 0 Å². The first-order chi connectivity index (χ1) is 13.8. The van der Waals surface area contributed by atoms with Crippen LogP contribution in [0.2, 0.25) is 0 Å². The van der Waals surface area contributed by atoms with Gasteiger partial charge in [0.1, 0.15) is 0 Å². The molecule has 4 aromatic carbocycles. The highest BCUT2D eigenvalue weighted by Crippen LogP contribution is 2.43. The van der Waals surface area contributed by atoms with Crippen LogP contribution in [0.25, 0.3) is 30.4 Å². The molecule has 0 heterocycles. The van der Waals surface area contributed by atoms with Crippen LogP contribution in [0.5, 0.6) is 0 Å². The minimum absolute atomic E-state index is 1.29. The molecular weight excluding hydrogens is 471 g/mol. The van der Waals surface area contributed by atoms with Gasteiger partial charge in [0, 0.05) is 24.5 Å². The van der Waals surface area contributed by atoms with Gasteiger partial charge < -0.3 is 0 Å². The van der Waals surface area contributed by atoms with Crippen LogP contribution in [-0.4, -0.2) is 0 Å². The minimum atomic E-state index is 1.29. The molecule has 0 nitrogen and oxygen atoms in total. The lowest BCUT2D eigenvalue weighted by molar-refractivity contribution is 1.50. The molecule has 28 heavy (non-hydrogen) atoms. The Bertz CT molecular complexity index is 1540. The fraction of sp³-hybridized carbons (Fsp3) is 0. The molecule has 2 aliphatic rings. The van der Waals surface area contributed by atoms with E-state index in [9.17, 15) is 0 Å². The Morgan fingerprint density at radius 1 is 0.536 bits per heavy atom. The molecule has 0 aromatic heterocycles. The van der Waals surface area contributed by atoms with Crippen LogP contribution in [0, 0.1) is 0 Å². The minimum Gasteiger partial charge on any atom is -0.0887 e. The predicted molar refractivity (Wildman–Crippen MR) is 129 cm³/mol. The van der Waals surface area contributed by atoms with Crippen molar-refractivity contribution in [3.05, 3.63) is 112 Å². The Morgan fingerprint density at radius 2 is 1.14 bits per heavy atom. The monoisotopic (exact) mass is 486 g/mol.